The number of nitrogens with two attached hydrogens (primary N) is 1. The number of aryl methyl sites for hydroxylation is 2. The number of fused-ring (bicyclic) bond motifs is 5. The van der Waals surface area contributed by atoms with E-state index in [4.69, 9.17) is 19.6 Å². The van der Waals surface area contributed by atoms with Crippen LogP contribution in [0.15, 0.2) is 65.7 Å². The molecule has 0 bridgehead atoms. The molecule has 0 spiro atoms. The van der Waals surface area contributed by atoms with Crippen LogP contribution in [0.2, 0.25) is 0 Å². The van der Waals surface area contributed by atoms with Gasteiger partial charge < -0.3 is 14.0 Å². The Hall–Kier alpha value is -4.22. The van der Waals surface area contributed by atoms with Crippen LogP contribution in [-0.4, -0.2) is 39.6 Å². The molecule has 1 aliphatic heterocycles. The molecule has 0 atom stereocenters. The van der Waals surface area contributed by atoms with E-state index in [0.29, 0.717) is 30.3 Å². The van der Waals surface area contributed by atoms with Crippen molar-refractivity contribution in [1.29, 1.82) is 0 Å². The van der Waals surface area contributed by atoms with Crippen molar-refractivity contribution >= 4 is 21.1 Å². The molecule has 0 saturated carbocycles. The number of hydrogen-bond donors (Lipinski definition) is 1. The van der Waals surface area contributed by atoms with Gasteiger partial charge in [0.05, 0.1) is 39.9 Å². The van der Waals surface area contributed by atoms with Crippen molar-refractivity contribution < 1.29 is 17.9 Å². The van der Waals surface area contributed by atoms with Gasteiger partial charge >= 0.3 is 0 Å². The summed E-state index contributed by atoms with van der Waals surface area (Å²) >= 11 is 0. The predicted molar refractivity (Wildman–Crippen MR) is 137 cm³/mol. The fourth-order valence-corrected chi connectivity index (χ4v) is 4.91. The van der Waals surface area contributed by atoms with Crippen molar-refractivity contribution in [3.63, 3.8) is 0 Å². The van der Waals surface area contributed by atoms with Crippen molar-refractivity contribution in [1.82, 2.24) is 24.5 Å². The zero-order chi connectivity index (χ0) is 25.7. The summed E-state index contributed by atoms with van der Waals surface area (Å²) in [6.07, 6.45) is 1.72. The molecule has 5 aromatic rings. The van der Waals surface area contributed by atoms with Crippen LogP contribution in [-0.2, 0) is 23.2 Å². The molecule has 37 heavy (non-hydrogen) atoms. The Morgan fingerprint density at radius 3 is 2.62 bits per heavy atom. The van der Waals surface area contributed by atoms with Crippen LogP contribution in [0.25, 0.3) is 28.1 Å². The highest BCUT2D eigenvalue weighted by atomic mass is 32.2. The lowest BCUT2D eigenvalue weighted by atomic mass is 10.1. The molecule has 1 aliphatic rings. The Morgan fingerprint density at radius 2 is 1.84 bits per heavy atom. The van der Waals surface area contributed by atoms with Crippen LogP contribution in [0.3, 0.4) is 0 Å². The number of ether oxygens (including phenoxy) is 2. The van der Waals surface area contributed by atoms with Gasteiger partial charge in [0.2, 0.25) is 10.0 Å². The van der Waals surface area contributed by atoms with Crippen LogP contribution in [0.4, 0.5) is 0 Å². The second kappa shape index (κ2) is 8.71. The van der Waals surface area contributed by atoms with Gasteiger partial charge in [0.1, 0.15) is 36.2 Å². The molecule has 0 saturated heterocycles. The van der Waals surface area contributed by atoms with Gasteiger partial charge in [-0.2, -0.15) is 0 Å². The van der Waals surface area contributed by atoms with Gasteiger partial charge in [-0.25, -0.2) is 23.2 Å². The number of rotatable bonds is 5. The molecule has 11 heteroatoms. The van der Waals surface area contributed by atoms with Gasteiger partial charge in [0.15, 0.2) is 0 Å². The average molecular weight is 517 g/mol. The monoisotopic (exact) mass is 516 g/mol. The molecule has 2 N–H and O–H groups in total. The number of benzene rings is 3. The number of nitrogens with zero attached hydrogens (tertiary/aromatic N) is 5. The van der Waals surface area contributed by atoms with E-state index in [0.717, 1.165) is 28.2 Å². The maximum absolute atomic E-state index is 11.5. The molecule has 6 rings (SSSR count). The highest BCUT2D eigenvalue weighted by Gasteiger charge is 2.21. The largest absolute Gasteiger partial charge is 0.491 e. The smallest absolute Gasteiger partial charge is 0.238 e. The van der Waals surface area contributed by atoms with E-state index in [2.05, 4.69) is 40.9 Å². The molecule has 3 heterocycles. The lowest BCUT2D eigenvalue weighted by Crippen LogP contribution is -2.12. The molecule has 0 unspecified atom stereocenters. The first-order chi connectivity index (χ1) is 17.8. The lowest BCUT2D eigenvalue weighted by molar-refractivity contribution is 0.289. The fraction of sp³-hybridized carbons (Fsp3) is 0.192. The van der Waals surface area contributed by atoms with Crippen molar-refractivity contribution in [2.75, 3.05) is 6.61 Å². The molecular formula is C26H24N6O4S. The van der Waals surface area contributed by atoms with Crippen LogP contribution in [0.1, 0.15) is 16.8 Å². The summed E-state index contributed by atoms with van der Waals surface area (Å²) in [6, 6.07) is 16.1. The van der Waals surface area contributed by atoms with Gasteiger partial charge in [-0.3, -0.25) is 0 Å². The topological polar surface area (TPSA) is 127 Å². The molecule has 0 radical (unpaired) electrons. The van der Waals surface area contributed by atoms with Crippen molar-refractivity contribution in [3.8, 4) is 28.6 Å². The Morgan fingerprint density at radius 1 is 1.05 bits per heavy atom. The molecule has 0 fully saturated rings. The van der Waals surface area contributed by atoms with E-state index < -0.39 is 10.0 Å². The first-order valence-corrected chi connectivity index (χ1v) is 13.2. The van der Waals surface area contributed by atoms with E-state index >= 15 is 0 Å². The van der Waals surface area contributed by atoms with Gasteiger partial charge in [-0.05, 0) is 73.5 Å². The Bertz CT molecular complexity index is 1760. The third-order valence-corrected chi connectivity index (χ3v) is 7.42. The fourth-order valence-electron chi connectivity index (χ4n) is 4.39. The summed E-state index contributed by atoms with van der Waals surface area (Å²) in [5, 5.41) is 13.4. The van der Waals surface area contributed by atoms with Crippen LogP contribution in [0, 0.1) is 13.8 Å². The Kier molecular flexibility index (Phi) is 5.46. The summed E-state index contributed by atoms with van der Waals surface area (Å²) in [6.45, 7) is 5.65. The predicted octanol–water partition coefficient (Wildman–Crippen LogP) is 3.52. The minimum atomic E-state index is -3.75. The Balaban J connectivity index is 1.21. The van der Waals surface area contributed by atoms with Gasteiger partial charge in [0.25, 0.3) is 0 Å². The van der Waals surface area contributed by atoms with E-state index in [1.807, 2.05) is 18.2 Å². The highest BCUT2D eigenvalue weighted by molar-refractivity contribution is 7.89. The average Bonchev–Trinajstić information content (AvgIpc) is 3.43. The van der Waals surface area contributed by atoms with E-state index in [1.54, 1.807) is 23.0 Å². The van der Waals surface area contributed by atoms with Crippen molar-refractivity contribution in [2.45, 2.75) is 31.9 Å². The third kappa shape index (κ3) is 4.32. The number of aromatic nitrogens is 5. The summed E-state index contributed by atoms with van der Waals surface area (Å²) in [5.41, 5.74) is 6.73. The third-order valence-electron chi connectivity index (χ3n) is 6.49. The molecule has 188 valence electrons. The zero-order valence-electron chi connectivity index (χ0n) is 20.2. The minimum absolute atomic E-state index is 0.0335. The maximum Gasteiger partial charge on any atom is 0.238 e. The van der Waals surface area contributed by atoms with Crippen LogP contribution >= 0.6 is 0 Å². The number of imidazole rings is 1. The quantitative estimate of drug-likeness (QED) is 0.379. The Labute approximate surface area is 213 Å². The summed E-state index contributed by atoms with van der Waals surface area (Å²) < 4.78 is 38.7. The highest BCUT2D eigenvalue weighted by Crippen LogP contribution is 2.37. The molecule has 3 aromatic carbocycles. The van der Waals surface area contributed by atoms with Gasteiger partial charge in [-0.1, -0.05) is 5.21 Å². The van der Waals surface area contributed by atoms with E-state index in [9.17, 15) is 8.42 Å². The number of hydrogen-bond acceptors (Lipinski definition) is 7. The second-order valence-electron chi connectivity index (χ2n) is 9.00. The maximum atomic E-state index is 11.5. The van der Waals surface area contributed by atoms with Crippen molar-refractivity contribution in [2.24, 2.45) is 5.14 Å². The zero-order valence-corrected chi connectivity index (χ0v) is 21.1. The summed E-state index contributed by atoms with van der Waals surface area (Å²) in [7, 11) is -3.75. The molecular weight excluding hydrogens is 492 g/mol. The molecule has 0 amide bonds. The SMILES string of the molecule is Cc1cc2nc3n(c2cc1C)CCOc1cc(OCc2cn(-c4ccc(S(N)(=O)=O)cc4)nn2)ccc1-3. The van der Waals surface area contributed by atoms with Crippen molar-refractivity contribution in [3.05, 3.63) is 77.6 Å². The molecule has 10 nitrogen and oxygen atoms in total. The lowest BCUT2D eigenvalue weighted by Gasteiger charge is -2.09. The van der Waals surface area contributed by atoms with Gasteiger partial charge in [-0.15, -0.1) is 5.10 Å². The summed E-state index contributed by atoms with van der Waals surface area (Å²) in [4.78, 5) is 4.94. The molecule has 0 aliphatic carbocycles. The van der Waals surface area contributed by atoms with E-state index in [1.165, 1.54) is 23.3 Å². The normalized spacial score (nSPS) is 13.1. The minimum Gasteiger partial charge on any atom is -0.491 e. The van der Waals surface area contributed by atoms with Crippen LogP contribution in [0.5, 0.6) is 11.5 Å². The molecule has 2 aromatic heterocycles. The van der Waals surface area contributed by atoms with E-state index in [-0.39, 0.29) is 11.5 Å². The standard InChI is InChI=1S/C26H24N6O4S/c1-16-11-23-24(12-17(16)2)31-9-10-35-25-13-20(5-8-22(25)26(31)28-23)36-15-18-14-32(30-29-18)19-3-6-21(7-4-19)37(27,33)34/h3-8,11-14H,9-10,15H2,1-2H3,(H2,27,33,34). The first-order valence-electron chi connectivity index (χ1n) is 11.7. The number of primary sulfonamides is 1. The second-order valence-corrected chi connectivity index (χ2v) is 10.6. The summed E-state index contributed by atoms with van der Waals surface area (Å²) in [5.74, 6) is 2.25. The number of sulfonamides is 1. The van der Waals surface area contributed by atoms with Crippen LogP contribution < -0.4 is 14.6 Å². The first kappa shape index (κ1) is 23.2. The van der Waals surface area contributed by atoms with Gasteiger partial charge in [0, 0.05) is 6.07 Å².